The quantitative estimate of drug-likeness (QED) is 0.905. The first-order valence-corrected chi connectivity index (χ1v) is 7.47. The molecule has 1 aliphatic heterocycles. The van der Waals surface area contributed by atoms with E-state index in [1.165, 1.54) is 4.88 Å². The van der Waals surface area contributed by atoms with E-state index in [0.717, 1.165) is 11.4 Å². The van der Waals surface area contributed by atoms with Gasteiger partial charge in [0.15, 0.2) is 0 Å². The molecule has 5 nitrogen and oxygen atoms in total. The SMILES string of the molecule is CCc1cnc(CN2CCC(=O)NC(CC)C2=O)s1. The van der Waals surface area contributed by atoms with Crippen molar-refractivity contribution in [3.63, 3.8) is 0 Å². The van der Waals surface area contributed by atoms with Crippen LogP contribution in [0.1, 0.15) is 36.6 Å². The average molecular weight is 281 g/mol. The normalized spacial score (nSPS) is 20.3. The second-order valence-electron chi connectivity index (χ2n) is 4.61. The first-order chi connectivity index (χ1) is 9.13. The lowest BCUT2D eigenvalue weighted by Gasteiger charge is -2.22. The van der Waals surface area contributed by atoms with Crippen LogP contribution in [0.25, 0.3) is 0 Å². The standard InChI is InChI=1S/C13H19N3O2S/c1-3-9-7-14-12(19-9)8-16-6-5-11(17)15-10(4-2)13(16)18/h7,10H,3-6,8H2,1-2H3,(H,15,17). The molecule has 0 saturated carbocycles. The number of thiazole rings is 1. The van der Waals surface area contributed by atoms with Crippen molar-refractivity contribution in [1.29, 1.82) is 0 Å². The van der Waals surface area contributed by atoms with Crippen LogP contribution >= 0.6 is 11.3 Å². The van der Waals surface area contributed by atoms with Crippen LogP contribution in [0, 0.1) is 0 Å². The molecule has 0 aliphatic carbocycles. The highest BCUT2D eigenvalue weighted by molar-refractivity contribution is 7.11. The molecule has 0 spiro atoms. The first kappa shape index (κ1) is 14.0. The molecule has 1 aromatic rings. The van der Waals surface area contributed by atoms with E-state index in [1.807, 2.05) is 13.1 Å². The van der Waals surface area contributed by atoms with Crippen molar-refractivity contribution in [1.82, 2.24) is 15.2 Å². The Morgan fingerprint density at radius 3 is 2.89 bits per heavy atom. The topological polar surface area (TPSA) is 62.3 Å². The third kappa shape index (κ3) is 3.32. The van der Waals surface area contributed by atoms with Crippen LogP contribution in [0.3, 0.4) is 0 Å². The number of rotatable bonds is 4. The molecule has 2 amide bonds. The molecule has 2 heterocycles. The fourth-order valence-electron chi connectivity index (χ4n) is 2.08. The van der Waals surface area contributed by atoms with Gasteiger partial charge in [-0.25, -0.2) is 4.98 Å². The van der Waals surface area contributed by atoms with Gasteiger partial charge in [-0.15, -0.1) is 11.3 Å². The minimum atomic E-state index is -0.388. The smallest absolute Gasteiger partial charge is 0.245 e. The van der Waals surface area contributed by atoms with Gasteiger partial charge in [-0.1, -0.05) is 13.8 Å². The lowest BCUT2D eigenvalue weighted by atomic mass is 10.2. The zero-order valence-corrected chi connectivity index (χ0v) is 12.1. The van der Waals surface area contributed by atoms with Crippen molar-refractivity contribution in [2.24, 2.45) is 0 Å². The van der Waals surface area contributed by atoms with E-state index in [4.69, 9.17) is 0 Å². The van der Waals surface area contributed by atoms with Crippen molar-refractivity contribution in [2.45, 2.75) is 45.7 Å². The van der Waals surface area contributed by atoms with E-state index >= 15 is 0 Å². The molecule has 1 saturated heterocycles. The van der Waals surface area contributed by atoms with Crippen LogP contribution in [-0.4, -0.2) is 34.3 Å². The molecule has 104 valence electrons. The van der Waals surface area contributed by atoms with Gasteiger partial charge in [0.1, 0.15) is 11.0 Å². The summed E-state index contributed by atoms with van der Waals surface area (Å²) in [4.78, 5) is 31.1. The van der Waals surface area contributed by atoms with E-state index in [-0.39, 0.29) is 17.9 Å². The number of nitrogens with zero attached hydrogens (tertiary/aromatic N) is 2. The Morgan fingerprint density at radius 2 is 2.26 bits per heavy atom. The monoisotopic (exact) mass is 281 g/mol. The Bertz CT molecular complexity index is 472. The lowest BCUT2D eigenvalue weighted by molar-refractivity contribution is -0.134. The minimum Gasteiger partial charge on any atom is -0.344 e. The molecule has 1 aliphatic rings. The molecule has 1 fully saturated rings. The molecule has 1 atom stereocenters. The molecule has 0 aromatic carbocycles. The second kappa shape index (κ2) is 6.14. The average Bonchev–Trinajstić information content (AvgIpc) is 2.82. The fraction of sp³-hybridized carbons (Fsp3) is 0.615. The number of aromatic nitrogens is 1. The van der Waals surface area contributed by atoms with Gasteiger partial charge >= 0.3 is 0 Å². The Hall–Kier alpha value is -1.43. The molecule has 19 heavy (non-hydrogen) atoms. The van der Waals surface area contributed by atoms with Gasteiger partial charge in [-0.2, -0.15) is 0 Å². The number of aryl methyl sites for hydroxylation is 1. The molecule has 0 bridgehead atoms. The molecular formula is C13H19N3O2S. The van der Waals surface area contributed by atoms with Crippen LogP contribution < -0.4 is 5.32 Å². The number of hydrogen-bond acceptors (Lipinski definition) is 4. The molecule has 2 rings (SSSR count). The summed E-state index contributed by atoms with van der Waals surface area (Å²) in [5.41, 5.74) is 0. The van der Waals surface area contributed by atoms with Crippen LogP contribution in [0.4, 0.5) is 0 Å². The summed E-state index contributed by atoms with van der Waals surface area (Å²) in [6, 6.07) is -0.388. The third-order valence-corrected chi connectivity index (χ3v) is 4.36. The van der Waals surface area contributed by atoms with Gasteiger partial charge in [-0.05, 0) is 12.8 Å². The highest BCUT2D eigenvalue weighted by Gasteiger charge is 2.28. The van der Waals surface area contributed by atoms with Gasteiger partial charge in [0.25, 0.3) is 0 Å². The number of carbonyl (C=O) groups excluding carboxylic acids is 2. The highest BCUT2D eigenvalue weighted by atomic mass is 32.1. The van der Waals surface area contributed by atoms with E-state index in [1.54, 1.807) is 16.2 Å². The van der Waals surface area contributed by atoms with Gasteiger partial charge in [-0.3, -0.25) is 9.59 Å². The van der Waals surface area contributed by atoms with Gasteiger partial charge in [0.05, 0.1) is 6.54 Å². The van der Waals surface area contributed by atoms with E-state index < -0.39 is 0 Å². The molecule has 0 radical (unpaired) electrons. The summed E-state index contributed by atoms with van der Waals surface area (Å²) in [5, 5.41) is 3.70. The first-order valence-electron chi connectivity index (χ1n) is 6.65. The number of nitrogens with one attached hydrogen (secondary N) is 1. The van der Waals surface area contributed by atoms with Gasteiger partial charge < -0.3 is 10.2 Å². The summed E-state index contributed by atoms with van der Waals surface area (Å²) in [5.74, 6) is -0.0438. The van der Waals surface area contributed by atoms with Gasteiger partial charge in [0.2, 0.25) is 11.8 Å². The second-order valence-corrected chi connectivity index (χ2v) is 5.81. The van der Waals surface area contributed by atoms with Crippen molar-refractivity contribution < 1.29 is 9.59 Å². The predicted molar refractivity (Wildman–Crippen MR) is 73.7 cm³/mol. The van der Waals surface area contributed by atoms with Crippen molar-refractivity contribution >= 4 is 23.2 Å². The Labute approximate surface area is 117 Å². The largest absolute Gasteiger partial charge is 0.344 e. The van der Waals surface area contributed by atoms with Crippen LogP contribution in [0.2, 0.25) is 0 Å². The van der Waals surface area contributed by atoms with Crippen LogP contribution in [-0.2, 0) is 22.6 Å². The van der Waals surface area contributed by atoms with Crippen molar-refractivity contribution in [2.75, 3.05) is 6.54 Å². The Morgan fingerprint density at radius 1 is 1.47 bits per heavy atom. The maximum atomic E-state index is 12.3. The predicted octanol–water partition coefficient (Wildman–Crippen LogP) is 1.33. The number of carbonyl (C=O) groups is 2. The van der Waals surface area contributed by atoms with Crippen molar-refractivity contribution in [3.05, 3.63) is 16.1 Å². The maximum absolute atomic E-state index is 12.3. The molecule has 1 N–H and O–H groups in total. The zero-order chi connectivity index (χ0) is 13.8. The summed E-state index contributed by atoms with van der Waals surface area (Å²) < 4.78 is 0. The van der Waals surface area contributed by atoms with Crippen molar-refractivity contribution in [3.8, 4) is 0 Å². The summed E-state index contributed by atoms with van der Waals surface area (Å²) in [6.07, 6.45) is 3.82. The summed E-state index contributed by atoms with van der Waals surface area (Å²) >= 11 is 1.63. The maximum Gasteiger partial charge on any atom is 0.245 e. The van der Waals surface area contributed by atoms with E-state index in [2.05, 4.69) is 17.2 Å². The lowest BCUT2D eigenvalue weighted by Crippen LogP contribution is -2.43. The van der Waals surface area contributed by atoms with E-state index in [9.17, 15) is 9.59 Å². The molecule has 1 aromatic heterocycles. The number of hydrogen-bond donors (Lipinski definition) is 1. The number of amides is 2. The summed E-state index contributed by atoms with van der Waals surface area (Å²) in [7, 11) is 0. The molecule has 6 heteroatoms. The Balaban J connectivity index is 2.09. The van der Waals surface area contributed by atoms with Gasteiger partial charge in [0, 0.05) is 24.0 Å². The molecular weight excluding hydrogens is 262 g/mol. The minimum absolute atomic E-state index is 0.00148. The molecule has 1 unspecified atom stereocenters. The van der Waals surface area contributed by atoms with Crippen LogP contribution in [0.15, 0.2) is 6.20 Å². The zero-order valence-electron chi connectivity index (χ0n) is 11.3. The highest BCUT2D eigenvalue weighted by Crippen LogP contribution is 2.17. The third-order valence-electron chi connectivity index (χ3n) is 3.24. The van der Waals surface area contributed by atoms with E-state index in [0.29, 0.717) is 25.9 Å². The van der Waals surface area contributed by atoms with Crippen LogP contribution in [0.5, 0.6) is 0 Å². The fourth-order valence-corrected chi connectivity index (χ4v) is 2.96. The summed E-state index contributed by atoms with van der Waals surface area (Å²) in [6.45, 7) is 4.98. The Kier molecular flexibility index (Phi) is 4.52.